The standard InChI is InChI=1S/C17H18N2O4S/c18-17(20)15-7-2-1-5-13(15)14-6-3-4-8-16(14)24(21,22)19-9-11-23-12-10-19/h1-8H,9-12H2,(H2,18,20). The van der Waals surface area contributed by atoms with Gasteiger partial charge in [0.15, 0.2) is 0 Å². The molecule has 0 spiro atoms. The van der Waals surface area contributed by atoms with Gasteiger partial charge in [-0.05, 0) is 17.7 Å². The summed E-state index contributed by atoms with van der Waals surface area (Å²) >= 11 is 0. The van der Waals surface area contributed by atoms with Gasteiger partial charge in [0.1, 0.15) is 0 Å². The summed E-state index contributed by atoms with van der Waals surface area (Å²) in [5, 5.41) is 0. The van der Waals surface area contributed by atoms with Gasteiger partial charge in [-0.2, -0.15) is 4.31 Å². The Morgan fingerprint density at radius 1 is 0.958 bits per heavy atom. The fourth-order valence-electron chi connectivity index (χ4n) is 2.77. The Labute approximate surface area is 140 Å². The van der Waals surface area contributed by atoms with Crippen molar-refractivity contribution >= 4 is 15.9 Å². The highest BCUT2D eigenvalue weighted by molar-refractivity contribution is 7.89. The molecule has 0 saturated carbocycles. The fraction of sp³-hybridized carbons (Fsp3) is 0.235. The molecule has 2 aromatic carbocycles. The van der Waals surface area contributed by atoms with E-state index in [1.54, 1.807) is 48.5 Å². The molecule has 24 heavy (non-hydrogen) atoms. The van der Waals surface area contributed by atoms with Gasteiger partial charge in [0.05, 0.1) is 18.1 Å². The third-order valence-corrected chi connectivity index (χ3v) is 5.91. The minimum Gasteiger partial charge on any atom is -0.379 e. The molecule has 0 unspecified atom stereocenters. The molecule has 3 rings (SSSR count). The van der Waals surface area contributed by atoms with Crippen molar-refractivity contribution in [3.8, 4) is 11.1 Å². The van der Waals surface area contributed by atoms with Gasteiger partial charge in [-0.15, -0.1) is 0 Å². The zero-order valence-corrected chi connectivity index (χ0v) is 13.8. The Morgan fingerprint density at radius 2 is 1.54 bits per heavy atom. The molecular weight excluding hydrogens is 328 g/mol. The molecule has 1 aliphatic rings. The van der Waals surface area contributed by atoms with Gasteiger partial charge in [0, 0.05) is 24.2 Å². The van der Waals surface area contributed by atoms with Crippen molar-refractivity contribution in [3.63, 3.8) is 0 Å². The molecule has 0 atom stereocenters. The lowest BCUT2D eigenvalue weighted by Crippen LogP contribution is -2.40. The summed E-state index contributed by atoms with van der Waals surface area (Å²) < 4.78 is 32.7. The normalized spacial score (nSPS) is 16.0. The number of amides is 1. The van der Waals surface area contributed by atoms with Gasteiger partial charge in [0.25, 0.3) is 0 Å². The average molecular weight is 346 g/mol. The van der Waals surface area contributed by atoms with E-state index in [-0.39, 0.29) is 4.90 Å². The lowest BCUT2D eigenvalue weighted by molar-refractivity contribution is 0.0730. The van der Waals surface area contributed by atoms with Crippen molar-refractivity contribution in [2.75, 3.05) is 26.3 Å². The van der Waals surface area contributed by atoms with Crippen LogP contribution in [0.4, 0.5) is 0 Å². The third kappa shape index (κ3) is 3.06. The topological polar surface area (TPSA) is 89.7 Å². The van der Waals surface area contributed by atoms with Crippen molar-refractivity contribution in [2.24, 2.45) is 5.73 Å². The van der Waals surface area contributed by atoms with Crippen LogP contribution in [0, 0.1) is 0 Å². The maximum Gasteiger partial charge on any atom is 0.249 e. The zero-order valence-electron chi connectivity index (χ0n) is 13.0. The first-order valence-corrected chi connectivity index (χ1v) is 9.02. The number of primary amides is 1. The van der Waals surface area contributed by atoms with Crippen LogP contribution in [-0.2, 0) is 14.8 Å². The van der Waals surface area contributed by atoms with Gasteiger partial charge in [-0.1, -0.05) is 36.4 Å². The lowest BCUT2D eigenvalue weighted by Gasteiger charge is -2.27. The van der Waals surface area contributed by atoms with Crippen LogP contribution in [0.25, 0.3) is 11.1 Å². The maximum absolute atomic E-state index is 13.0. The van der Waals surface area contributed by atoms with E-state index >= 15 is 0 Å². The Balaban J connectivity index is 2.14. The van der Waals surface area contributed by atoms with Crippen molar-refractivity contribution in [1.29, 1.82) is 0 Å². The fourth-order valence-corrected chi connectivity index (χ4v) is 4.39. The van der Waals surface area contributed by atoms with Crippen LogP contribution in [0.3, 0.4) is 0 Å². The van der Waals surface area contributed by atoms with E-state index in [9.17, 15) is 13.2 Å². The Morgan fingerprint density at radius 3 is 2.21 bits per heavy atom. The summed E-state index contributed by atoms with van der Waals surface area (Å²) in [4.78, 5) is 11.9. The van der Waals surface area contributed by atoms with E-state index < -0.39 is 15.9 Å². The molecule has 1 aliphatic heterocycles. The monoisotopic (exact) mass is 346 g/mol. The van der Waals surface area contributed by atoms with Crippen LogP contribution in [-0.4, -0.2) is 44.9 Å². The second-order valence-electron chi connectivity index (χ2n) is 5.42. The number of benzene rings is 2. The van der Waals surface area contributed by atoms with Crippen molar-refractivity contribution < 1.29 is 17.9 Å². The number of carbonyl (C=O) groups is 1. The molecule has 0 bridgehead atoms. The Hall–Kier alpha value is -2.22. The van der Waals surface area contributed by atoms with E-state index in [0.717, 1.165) is 0 Å². The van der Waals surface area contributed by atoms with Crippen LogP contribution in [0.1, 0.15) is 10.4 Å². The SMILES string of the molecule is NC(=O)c1ccccc1-c1ccccc1S(=O)(=O)N1CCOCC1. The van der Waals surface area contributed by atoms with Crippen molar-refractivity contribution in [2.45, 2.75) is 4.90 Å². The molecule has 1 heterocycles. The van der Waals surface area contributed by atoms with Gasteiger partial charge < -0.3 is 10.5 Å². The van der Waals surface area contributed by atoms with Crippen LogP contribution >= 0.6 is 0 Å². The Kier molecular flexibility index (Phi) is 4.66. The number of sulfonamides is 1. The predicted octanol–water partition coefficient (Wildman–Crippen LogP) is 1.47. The van der Waals surface area contributed by atoms with E-state index in [2.05, 4.69) is 0 Å². The minimum atomic E-state index is -3.68. The summed E-state index contributed by atoms with van der Waals surface area (Å²) in [5.74, 6) is -0.593. The van der Waals surface area contributed by atoms with Gasteiger partial charge in [0.2, 0.25) is 15.9 Å². The first-order valence-electron chi connectivity index (χ1n) is 7.58. The van der Waals surface area contributed by atoms with Crippen LogP contribution in [0.2, 0.25) is 0 Å². The molecule has 7 heteroatoms. The highest BCUT2D eigenvalue weighted by atomic mass is 32.2. The first-order chi connectivity index (χ1) is 11.5. The smallest absolute Gasteiger partial charge is 0.249 e. The average Bonchev–Trinajstić information content (AvgIpc) is 2.62. The second kappa shape index (κ2) is 6.72. The van der Waals surface area contributed by atoms with E-state index in [1.165, 1.54) is 4.31 Å². The molecule has 126 valence electrons. The number of ether oxygens (including phenoxy) is 1. The van der Waals surface area contributed by atoms with Crippen LogP contribution in [0.15, 0.2) is 53.4 Å². The number of nitrogens with two attached hydrogens (primary N) is 1. The summed E-state index contributed by atoms with van der Waals surface area (Å²) in [7, 11) is -3.68. The number of hydrogen-bond donors (Lipinski definition) is 1. The highest BCUT2D eigenvalue weighted by Crippen LogP contribution is 2.31. The molecule has 6 nitrogen and oxygen atoms in total. The zero-order chi connectivity index (χ0) is 17.2. The molecule has 0 aliphatic carbocycles. The van der Waals surface area contributed by atoms with Crippen LogP contribution in [0.5, 0.6) is 0 Å². The number of rotatable bonds is 4. The largest absolute Gasteiger partial charge is 0.379 e. The van der Waals surface area contributed by atoms with Gasteiger partial charge in [-0.25, -0.2) is 8.42 Å². The molecule has 2 aromatic rings. The van der Waals surface area contributed by atoms with E-state index in [4.69, 9.17) is 10.5 Å². The van der Waals surface area contributed by atoms with Crippen LogP contribution < -0.4 is 5.73 Å². The van der Waals surface area contributed by atoms with E-state index in [0.29, 0.717) is 43.0 Å². The Bertz CT molecular complexity index is 858. The molecular formula is C17H18N2O4S. The van der Waals surface area contributed by atoms with Crippen molar-refractivity contribution in [1.82, 2.24) is 4.31 Å². The molecule has 0 radical (unpaired) electrons. The lowest BCUT2D eigenvalue weighted by atomic mass is 9.99. The second-order valence-corrected chi connectivity index (χ2v) is 7.33. The molecule has 1 fully saturated rings. The number of morpholine rings is 1. The first kappa shape index (κ1) is 16.6. The molecule has 1 amide bonds. The molecule has 1 saturated heterocycles. The maximum atomic E-state index is 13.0. The summed E-state index contributed by atoms with van der Waals surface area (Å²) in [6.07, 6.45) is 0. The summed E-state index contributed by atoms with van der Waals surface area (Å²) in [5.41, 5.74) is 6.71. The third-order valence-electron chi connectivity index (χ3n) is 3.96. The van der Waals surface area contributed by atoms with Crippen molar-refractivity contribution in [3.05, 3.63) is 54.1 Å². The van der Waals surface area contributed by atoms with Gasteiger partial charge in [-0.3, -0.25) is 4.79 Å². The molecule has 0 aromatic heterocycles. The predicted molar refractivity (Wildman–Crippen MR) is 90.0 cm³/mol. The number of hydrogen-bond acceptors (Lipinski definition) is 4. The molecule has 2 N–H and O–H groups in total. The summed E-state index contributed by atoms with van der Waals surface area (Å²) in [6.45, 7) is 1.38. The highest BCUT2D eigenvalue weighted by Gasteiger charge is 2.29. The quantitative estimate of drug-likeness (QED) is 0.908. The number of carbonyl (C=O) groups excluding carboxylic acids is 1. The number of nitrogens with zero attached hydrogens (tertiary/aromatic N) is 1. The van der Waals surface area contributed by atoms with E-state index in [1.807, 2.05) is 0 Å². The summed E-state index contributed by atoms with van der Waals surface area (Å²) in [6, 6.07) is 13.4. The van der Waals surface area contributed by atoms with Gasteiger partial charge >= 0.3 is 0 Å². The minimum absolute atomic E-state index is 0.167.